The largest absolute Gasteiger partial charge is 0.374 e. The maximum absolute atomic E-state index is 12.3. The van der Waals surface area contributed by atoms with Gasteiger partial charge in [-0.2, -0.15) is 0 Å². The van der Waals surface area contributed by atoms with Crippen molar-refractivity contribution < 1.29 is 9.53 Å². The van der Waals surface area contributed by atoms with E-state index in [1.165, 1.54) is 19.3 Å². The molecule has 2 unspecified atom stereocenters. The van der Waals surface area contributed by atoms with Crippen molar-refractivity contribution in [2.75, 3.05) is 26.2 Å². The molecule has 16 heavy (non-hydrogen) atoms. The van der Waals surface area contributed by atoms with Gasteiger partial charge in [0.25, 0.3) is 0 Å². The van der Waals surface area contributed by atoms with Crippen molar-refractivity contribution in [1.29, 1.82) is 0 Å². The number of nitrogens with zero attached hydrogens (tertiary/aromatic N) is 2. The van der Waals surface area contributed by atoms with Crippen LogP contribution in [0.15, 0.2) is 0 Å². The van der Waals surface area contributed by atoms with Crippen LogP contribution in [0.1, 0.15) is 32.1 Å². The first-order chi connectivity index (χ1) is 7.86. The normalized spacial score (nSPS) is 34.2. The maximum atomic E-state index is 12.3. The van der Waals surface area contributed by atoms with Crippen LogP contribution >= 0.6 is 0 Å². The van der Waals surface area contributed by atoms with Gasteiger partial charge >= 0.3 is 6.03 Å². The Labute approximate surface area is 96.5 Å². The molecule has 0 aromatic heterocycles. The second kappa shape index (κ2) is 4.24. The zero-order chi connectivity index (χ0) is 11.0. The number of carbonyl (C=O) groups excluding carboxylic acids is 1. The molecule has 1 saturated carbocycles. The topological polar surface area (TPSA) is 32.8 Å². The Morgan fingerprint density at radius 2 is 1.88 bits per heavy atom. The number of likely N-dealkylation sites (tertiary alicyclic amines) is 1. The van der Waals surface area contributed by atoms with E-state index in [-0.39, 0.29) is 6.03 Å². The van der Waals surface area contributed by atoms with Gasteiger partial charge in [0, 0.05) is 19.6 Å². The highest BCUT2D eigenvalue weighted by molar-refractivity contribution is 5.75. The van der Waals surface area contributed by atoms with Gasteiger partial charge in [-0.3, -0.25) is 0 Å². The van der Waals surface area contributed by atoms with Crippen LogP contribution in [0.4, 0.5) is 4.79 Å². The first-order valence-electron chi connectivity index (χ1n) is 6.53. The van der Waals surface area contributed by atoms with Gasteiger partial charge < -0.3 is 14.5 Å². The van der Waals surface area contributed by atoms with Crippen LogP contribution in [-0.4, -0.2) is 54.2 Å². The average Bonchev–Trinajstić information content (AvgIpc) is 2.98. The summed E-state index contributed by atoms with van der Waals surface area (Å²) in [6, 6.07) is 0.625. The number of ether oxygens (including phenoxy) is 1. The molecule has 4 heteroatoms. The van der Waals surface area contributed by atoms with Crippen LogP contribution in [0.3, 0.4) is 0 Å². The Bertz CT molecular complexity index is 276. The Morgan fingerprint density at radius 3 is 2.69 bits per heavy atom. The summed E-state index contributed by atoms with van der Waals surface area (Å²) < 4.78 is 5.73. The third-order valence-electron chi connectivity index (χ3n) is 4.10. The predicted molar refractivity (Wildman–Crippen MR) is 60.3 cm³/mol. The maximum Gasteiger partial charge on any atom is 0.320 e. The minimum atomic E-state index is 0.262. The predicted octanol–water partition coefficient (Wildman–Crippen LogP) is 1.46. The standard InChI is InChI=1S/C12H20N2O2/c15-12(13-6-1-2-7-13)14-8-9-16-11-5-3-4-10(11)14/h10-11H,1-9H2. The monoisotopic (exact) mass is 224 g/mol. The molecule has 1 aliphatic carbocycles. The molecule has 0 N–H and O–H groups in total. The lowest BCUT2D eigenvalue weighted by Gasteiger charge is -2.39. The summed E-state index contributed by atoms with van der Waals surface area (Å²) in [6.45, 7) is 3.42. The highest BCUT2D eigenvalue weighted by atomic mass is 16.5. The molecule has 0 bridgehead atoms. The van der Waals surface area contributed by atoms with E-state index in [0.717, 1.165) is 39.1 Å². The highest BCUT2D eigenvalue weighted by Crippen LogP contribution is 2.30. The first kappa shape index (κ1) is 10.4. The van der Waals surface area contributed by atoms with E-state index >= 15 is 0 Å². The van der Waals surface area contributed by atoms with Crippen molar-refractivity contribution in [1.82, 2.24) is 9.80 Å². The van der Waals surface area contributed by atoms with Gasteiger partial charge in [-0.1, -0.05) is 0 Å². The van der Waals surface area contributed by atoms with E-state index in [1.807, 2.05) is 4.90 Å². The summed E-state index contributed by atoms with van der Waals surface area (Å²) in [7, 11) is 0. The van der Waals surface area contributed by atoms with Crippen molar-refractivity contribution in [2.45, 2.75) is 44.2 Å². The zero-order valence-corrected chi connectivity index (χ0v) is 9.73. The third-order valence-corrected chi connectivity index (χ3v) is 4.10. The van der Waals surface area contributed by atoms with Crippen molar-refractivity contribution >= 4 is 6.03 Å². The molecular weight excluding hydrogens is 204 g/mol. The van der Waals surface area contributed by atoms with Gasteiger partial charge in [0.1, 0.15) is 0 Å². The average molecular weight is 224 g/mol. The zero-order valence-electron chi connectivity index (χ0n) is 9.73. The van der Waals surface area contributed by atoms with Gasteiger partial charge in [0.2, 0.25) is 0 Å². The van der Waals surface area contributed by atoms with E-state index in [2.05, 4.69) is 4.90 Å². The van der Waals surface area contributed by atoms with Crippen LogP contribution in [0.25, 0.3) is 0 Å². The van der Waals surface area contributed by atoms with Crippen LogP contribution in [-0.2, 0) is 4.74 Å². The Hall–Kier alpha value is -0.770. The molecule has 90 valence electrons. The molecule has 2 heterocycles. The highest BCUT2D eigenvalue weighted by Gasteiger charge is 2.40. The van der Waals surface area contributed by atoms with Gasteiger partial charge in [0.05, 0.1) is 18.8 Å². The van der Waals surface area contributed by atoms with E-state index in [9.17, 15) is 4.79 Å². The molecule has 2 atom stereocenters. The summed E-state index contributed by atoms with van der Waals surface area (Å²) in [5.74, 6) is 0. The van der Waals surface area contributed by atoms with Crippen molar-refractivity contribution in [3.8, 4) is 0 Å². The van der Waals surface area contributed by atoms with E-state index in [1.54, 1.807) is 0 Å². The van der Waals surface area contributed by atoms with E-state index < -0.39 is 0 Å². The summed E-state index contributed by atoms with van der Waals surface area (Å²) in [4.78, 5) is 16.4. The Kier molecular flexibility index (Phi) is 2.75. The summed E-state index contributed by atoms with van der Waals surface area (Å²) in [5, 5.41) is 0. The van der Waals surface area contributed by atoms with Crippen molar-refractivity contribution in [3.63, 3.8) is 0 Å². The summed E-state index contributed by atoms with van der Waals surface area (Å²) >= 11 is 0. The molecular formula is C12H20N2O2. The number of hydrogen-bond acceptors (Lipinski definition) is 2. The molecule has 3 rings (SSSR count). The molecule has 0 aromatic carbocycles. The fraction of sp³-hybridized carbons (Fsp3) is 0.917. The smallest absolute Gasteiger partial charge is 0.320 e. The second-order valence-corrected chi connectivity index (χ2v) is 5.08. The molecule has 3 aliphatic rings. The molecule has 3 fully saturated rings. The van der Waals surface area contributed by atoms with E-state index in [4.69, 9.17) is 4.74 Å². The minimum absolute atomic E-state index is 0.262. The lowest BCUT2D eigenvalue weighted by atomic mass is 10.1. The number of morpholine rings is 1. The summed E-state index contributed by atoms with van der Waals surface area (Å²) in [6.07, 6.45) is 6.13. The van der Waals surface area contributed by atoms with Gasteiger partial charge in [-0.05, 0) is 32.1 Å². The number of fused-ring (bicyclic) bond motifs is 1. The first-order valence-corrected chi connectivity index (χ1v) is 6.53. The number of amides is 2. The van der Waals surface area contributed by atoms with E-state index in [0.29, 0.717) is 12.1 Å². The van der Waals surface area contributed by atoms with Gasteiger partial charge in [0.15, 0.2) is 0 Å². The van der Waals surface area contributed by atoms with Crippen molar-refractivity contribution in [2.24, 2.45) is 0 Å². The number of carbonyl (C=O) groups is 1. The number of urea groups is 1. The molecule has 0 radical (unpaired) electrons. The van der Waals surface area contributed by atoms with Crippen molar-refractivity contribution in [3.05, 3.63) is 0 Å². The molecule has 0 spiro atoms. The molecule has 2 saturated heterocycles. The number of hydrogen-bond donors (Lipinski definition) is 0. The lowest BCUT2D eigenvalue weighted by molar-refractivity contribution is -0.0426. The SMILES string of the molecule is O=C(N1CCCC1)N1CCOC2CCCC21. The fourth-order valence-corrected chi connectivity index (χ4v) is 3.25. The lowest BCUT2D eigenvalue weighted by Crippen LogP contribution is -2.54. The fourth-order valence-electron chi connectivity index (χ4n) is 3.25. The minimum Gasteiger partial charge on any atom is -0.374 e. The van der Waals surface area contributed by atoms with Crippen LogP contribution in [0.2, 0.25) is 0 Å². The molecule has 0 aromatic rings. The van der Waals surface area contributed by atoms with Gasteiger partial charge in [-0.15, -0.1) is 0 Å². The van der Waals surface area contributed by atoms with Crippen LogP contribution in [0.5, 0.6) is 0 Å². The molecule has 2 aliphatic heterocycles. The second-order valence-electron chi connectivity index (χ2n) is 5.08. The molecule has 2 amide bonds. The molecule has 4 nitrogen and oxygen atoms in total. The van der Waals surface area contributed by atoms with Crippen LogP contribution in [0, 0.1) is 0 Å². The quantitative estimate of drug-likeness (QED) is 0.624. The summed E-state index contributed by atoms with van der Waals surface area (Å²) in [5.41, 5.74) is 0. The Morgan fingerprint density at radius 1 is 1.06 bits per heavy atom. The third kappa shape index (κ3) is 1.69. The number of rotatable bonds is 0. The van der Waals surface area contributed by atoms with Crippen LogP contribution < -0.4 is 0 Å². The van der Waals surface area contributed by atoms with Gasteiger partial charge in [-0.25, -0.2) is 4.79 Å². The Balaban J connectivity index is 1.70.